The molecule has 1 aromatic carbocycles. The van der Waals surface area contributed by atoms with Crippen LogP contribution in [0.25, 0.3) is 0 Å². The summed E-state index contributed by atoms with van der Waals surface area (Å²) in [5, 5.41) is 14.3. The van der Waals surface area contributed by atoms with E-state index in [9.17, 15) is 18.5 Å². The number of hydrogen-bond donors (Lipinski definition) is 2. The predicted molar refractivity (Wildman–Crippen MR) is 86.2 cm³/mol. The van der Waals surface area contributed by atoms with Crippen LogP contribution >= 0.6 is 15.9 Å². The smallest absolute Gasteiger partial charge is 0.290 e. The first-order chi connectivity index (χ1) is 10.2. The molecule has 2 N–H and O–H groups in total. The van der Waals surface area contributed by atoms with Crippen molar-refractivity contribution in [2.24, 2.45) is 5.41 Å². The average molecular weight is 392 g/mol. The van der Waals surface area contributed by atoms with Gasteiger partial charge in [-0.1, -0.05) is 22.9 Å². The van der Waals surface area contributed by atoms with Crippen LogP contribution in [0, 0.1) is 15.5 Å². The molecule has 0 spiro atoms. The molecule has 1 aliphatic rings. The lowest BCUT2D eigenvalue weighted by Crippen LogP contribution is -2.42. The fourth-order valence-electron chi connectivity index (χ4n) is 2.41. The summed E-state index contributed by atoms with van der Waals surface area (Å²) in [5.41, 5.74) is -0.569. The second-order valence-corrected chi connectivity index (χ2v) is 8.41. The summed E-state index contributed by atoms with van der Waals surface area (Å²) in [6, 6.07) is 3.92. The normalized spacial score (nSPS) is 18.1. The second kappa shape index (κ2) is 6.61. The number of benzene rings is 1. The highest BCUT2D eigenvalue weighted by molar-refractivity contribution is 9.10. The maximum absolute atomic E-state index is 12.4. The van der Waals surface area contributed by atoms with Crippen molar-refractivity contribution in [1.82, 2.24) is 10.0 Å². The first kappa shape index (κ1) is 17.3. The first-order valence-electron chi connectivity index (χ1n) is 6.88. The van der Waals surface area contributed by atoms with Gasteiger partial charge in [-0.05, 0) is 43.5 Å². The molecule has 22 heavy (non-hydrogen) atoms. The van der Waals surface area contributed by atoms with Gasteiger partial charge in [-0.15, -0.1) is 0 Å². The molecular formula is C13H18BrN3O4S. The molecule has 1 saturated heterocycles. The van der Waals surface area contributed by atoms with Crippen LogP contribution in [-0.4, -0.2) is 33.0 Å². The average Bonchev–Trinajstić information content (AvgIpc) is 2.46. The van der Waals surface area contributed by atoms with Crippen LogP contribution in [0.1, 0.15) is 19.8 Å². The van der Waals surface area contributed by atoms with Crippen molar-refractivity contribution in [3.8, 4) is 0 Å². The van der Waals surface area contributed by atoms with E-state index >= 15 is 0 Å². The topological polar surface area (TPSA) is 101 Å². The van der Waals surface area contributed by atoms with Crippen LogP contribution in [0.5, 0.6) is 0 Å². The minimum Gasteiger partial charge on any atom is -0.317 e. The van der Waals surface area contributed by atoms with Gasteiger partial charge in [-0.25, -0.2) is 13.1 Å². The number of halogens is 1. The molecule has 0 radical (unpaired) electrons. The van der Waals surface area contributed by atoms with E-state index in [1.54, 1.807) is 0 Å². The number of nitro groups is 1. The Kier molecular flexibility index (Phi) is 5.21. The maximum Gasteiger partial charge on any atom is 0.290 e. The van der Waals surface area contributed by atoms with Crippen LogP contribution in [0.2, 0.25) is 0 Å². The molecule has 0 unspecified atom stereocenters. The van der Waals surface area contributed by atoms with Crippen molar-refractivity contribution in [2.45, 2.75) is 24.7 Å². The van der Waals surface area contributed by atoms with E-state index < -0.39 is 20.6 Å². The lowest BCUT2D eigenvalue weighted by Gasteiger charge is -2.34. The van der Waals surface area contributed by atoms with Gasteiger partial charge in [0.2, 0.25) is 10.0 Å². The van der Waals surface area contributed by atoms with Gasteiger partial charge < -0.3 is 5.32 Å². The standard InChI is InChI=1S/C13H18BrN3O4S/c1-13(4-6-15-7-5-13)9-16-22(20,21)12-3-2-10(14)8-11(12)17(18)19/h2-3,8,15-16H,4-7,9H2,1H3. The van der Waals surface area contributed by atoms with Crippen LogP contribution in [-0.2, 0) is 10.0 Å². The largest absolute Gasteiger partial charge is 0.317 e. The third-order valence-corrected chi connectivity index (χ3v) is 5.85. The molecular weight excluding hydrogens is 374 g/mol. The van der Waals surface area contributed by atoms with Gasteiger partial charge in [-0.2, -0.15) is 0 Å². The molecule has 7 nitrogen and oxygen atoms in total. The van der Waals surface area contributed by atoms with Gasteiger partial charge in [0, 0.05) is 17.1 Å². The summed E-state index contributed by atoms with van der Waals surface area (Å²) >= 11 is 3.11. The third kappa shape index (κ3) is 4.03. The van der Waals surface area contributed by atoms with Gasteiger partial charge >= 0.3 is 0 Å². The number of rotatable bonds is 5. The number of nitro benzene ring substituents is 1. The summed E-state index contributed by atoms with van der Waals surface area (Å²) < 4.78 is 27.8. The van der Waals surface area contributed by atoms with Crippen molar-refractivity contribution in [2.75, 3.05) is 19.6 Å². The Balaban J connectivity index is 2.22. The van der Waals surface area contributed by atoms with E-state index in [4.69, 9.17) is 0 Å². The van der Waals surface area contributed by atoms with Crippen molar-refractivity contribution >= 4 is 31.6 Å². The fourth-order valence-corrected chi connectivity index (χ4v) is 4.11. The Bertz CT molecular complexity index is 672. The second-order valence-electron chi connectivity index (χ2n) is 5.75. The Morgan fingerprint density at radius 3 is 2.64 bits per heavy atom. The first-order valence-corrected chi connectivity index (χ1v) is 9.15. The Hall–Kier alpha value is -1.03. The van der Waals surface area contributed by atoms with E-state index in [2.05, 4.69) is 26.0 Å². The van der Waals surface area contributed by atoms with Gasteiger partial charge in [0.1, 0.15) is 0 Å². The molecule has 1 aliphatic heterocycles. The number of sulfonamides is 1. The molecule has 0 aliphatic carbocycles. The Morgan fingerprint density at radius 1 is 1.41 bits per heavy atom. The number of piperidine rings is 1. The van der Waals surface area contributed by atoms with E-state index in [1.165, 1.54) is 18.2 Å². The van der Waals surface area contributed by atoms with Gasteiger partial charge in [0.15, 0.2) is 4.90 Å². The molecule has 0 atom stereocenters. The highest BCUT2D eigenvalue weighted by atomic mass is 79.9. The summed E-state index contributed by atoms with van der Waals surface area (Å²) in [6.07, 6.45) is 1.72. The van der Waals surface area contributed by atoms with E-state index in [0.29, 0.717) is 4.47 Å². The highest BCUT2D eigenvalue weighted by Gasteiger charge is 2.31. The predicted octanol–water partition coefficient (Wildman–Crippen LogP) is 2.03. The number of nitrogens with one attached hydrogen (secondary N) is 2. The van der Waals surface area contributed by atoms with E-state index in [0.717, 1.165) is 25.9 Å². The van der Waals surface area contributed by atoms with Crippen molar-refractivity contribution < 1.29 is 13.3 Å². The van der Waals surface area contributed by atoms with Crippen molar-refractivity contribution in [3.63, 3.8) is 0 Å². The van der Waals surface area contributed by atoms with Gasteiger partial charge in [0.25, 0.3) is 5.69 Å². The molecule has 0 amide bonds. The zero-order chi connectivity index (χ0) is 16.4. The summed E-state index contributed by atoms with van der Waals surface area (Å²) in [6.45, 7) is 3.98. The lowest BCUT2D eigenvalue weighted by molar-refractivity contribution is -0.387. The van der Waals surface area contributed by atoms with Gasteiger partial charge in [-0.3, -0.25) is 10.1 Å². The summed E-state index contributed by atoms with van der Waals surface area (Å²) in [4.78, 5) is 10.1. The minimum absolute atomic E-state index is 0.136. The van der Waals surface area contributed by atoms with Gasteiger partial charge in [0.05, 0.1) is 4.92 Å². The maximum atomic E-state index is 12.4. The van der Waals surface area contributed by atoms with Crippen molar-refractivity contribution in [1.29, 1.82) is 0 Å². The zero-order valence-corrected chi connectivity index (χ0v) is 14.5. The molecule has 0 bridgehead atoms. The molecule has 0 saturated carbocycles. The van der Waals surface area contributed by atoms with Crippen LogP contribution in [0.15, 0.2) is 27.6 Å². The molecule has 122 valence electrons. The van der Waals surface area contributed by atoms with Crippen molar-refractivity contribution in [3.05, 3.63) is 32.8 Å². The number of nitrogens with zero attached hydrogens (tertiary/aromatic N) is 1. The monoisotopic (exact) mass is 391 g/mol. The Labute approximate surface area is 137 Å². The lowest BCUT2D eigenvalue weighted by atomic mass is 9.81. The minimum atomic E-state index is -3.92. The zero-order valence-electron chi connectivity index (χ0n) is 12.1. The summed E-state index contributed by atoms with van der Waals surface area (Å²) in [5.74, 6) is 0. The quantitative estimate of drug-likeness (QED) is 0.590. The number of hydrogen-bond acceptors (Lipinski definition) is 5. The third-order valence-electron chi connectivity index (χ3n) is 3.91. The van der Waals surface area contributed by atoms with Crippen LogP contribution in [0.4, 0.5) is 5.69 Å². The van der Waals surface area contributed by atoms with E-state index in [1.807, 2.05) is 6.92 Å². The fraction of sp³-hybridized carbons (Fsp3) is 0.538. The Morgan fingerprint density at radius 2 is 2.05 bits per heavy atom. The molecule has 1 aromatic rings. The molecule has 1 fully saturated rings. The molecule has 2 rings (SSSR count). The highest BCUT2D eigenvalue weighted by Crippen LogP contribution is 2.30. The van der Waals surface area contributed by atoms with Crippen LogP contribution in [0.3, 0.4) is 0 Å². The summed E-state index contributed by atoms with van der Waals surface area (Å²) in [7, 11) is -3.92. The SMILES string of the molecule is CC1(CNS(=O)(=O)c2ccc(Br)cc2[N+](=O)[O-])CCNCC1. The van der Waals surface area contributed by atoms with Crippen LogP contribution < -0.4 is 10.0 Å². The molecule has 1 heterocycles. The molecule has 9 heteroatoms. The van der Waals surface area contributed by atoms with E-state index in [-0.39, 0.29) is 16.9 Å². The molecule has 0 aromatic heterocycles.